The fourth-order valence-corrected chi connectivity index (χ4v) is 3.39. The molecule has 162 valence electrons. The van der Waals surface area contributed by atoms with E-state index in [1.165, 1.54) is 5.56 Å². The van der Waals surface area contributed by atoms with Crippen LogP contribution in [0.15, 0.2) is 48.0 Å². The van der Waals surface area contributed by atoms with E-state index < -0.39 is 0 Å². The molecule has 0 aliphatic heterocycles. The lowest BCUT2D eigenvalue weighted by Crippen LogP contribution is -2.41. The molecule has 1 aromatic heterocycles. The summed E-state index contributed by atoms with van der Waals surface area (Å²) in [6.07, 6.45) is 6.66. The number of nitrogens with zero attached hydrogens (tertiary/aromatic N) is 4. The van der Waals surface area contributed by atoms with Crippen molar-refractivity contribution >= 4 is 29.9 Å². The molecule has 29 heavy (non-hydrogen) atoms. The number of halogens is 1. The Morgan fingerprint density at radius 2 is 1.86 bits per heavy atom. The molecule has 0 aliphatic carbocycles. The molecule has 0 saturated carbocycles. The van der Waals surface area contributed by atoms with Crippen LogP contribution >= 0.6 is 24.0 Å². The molecule has 0 aliphatic rings. The molecular weight excluding hydrogens is 475 g/mol. The van der Waals surface area contributed by atoms with Crippen LogP contribution < -0.4 is 10.6 Å². The number of benzene rings is 1. The SMILES string of the molecule is CCNC(=NCc1ccccc1-n1ccnc1)NCCCN(C(C)C)C(C)C.I. The molecule has 7 heteroatoms. The highest BCUT2D eigenvalue weighted by Crippen LogP contribution is 2.15. The third-order valence-electron chi connectivity index (χ3n) is 4.74. The van der Waals surface area contributed by atoms with E-state index in [1.807, 2.05) is 23.2 Å². The number of rotatable bonds is 10. The van der Waals surface area contributed by atoms with Gasteiger partial charge in [-0.05, 0) is 52.7 Å². The minimum atomic E-state index is 0. The minimum Gasteiger partial charge on any atom is -0.357 e. The molecular formula is C22H37IN6. The molecule has 1 aromatic carbocycles. The van der Waals surface area contributed by atoms with E-state index in [0.29, 0.717) is 18.6 Å². The average Bonchev–Trinajstić information content (AvgIpc) is 3.20. The highest BCUT2D eigenvalue weighted by atomic mass is 127. The van der Waals surface area contributed by atoms with Crippen molar-refractivity contribution in [1.29, 1.82) is 0 Å². The summed E-state index contributed by atoms with van der Waals surface area (Å²) in [6.45, 7) is 14.6. The van der Waals surface area contributed by atoms with Gasteiger partial charge in [0.2, 0.25) is 0 Å². The fraction of sp³-hybridized carbons (Fsp3) is 0.545. The van der Waals surface area contributed by atoms with Crippen molar-refractivity contribution in [3.8, 4) is 5.69 Å². The molecule has 0 bridgehead atoms. The lowest BCUT2D eigenvalue weighted by Gasteiger charge is -2.30. The van der Waals surface area contributed by atoms with Crippen LogP contribution in [-0.2, 0) is 6.54 Å². The molecule has 0 spiro atoms. The third-order valence-corrected chi connectivity index (χ3v) is 4.74. The third kappa shape index (κ3) is 8.34. The summed E-state index contributed by atoms with van der Waals surface area (Å²) in [6, 6.07) is 9.45. The van der Waals surface area contributed by atoms with E-state index in [2.05, 4.69) is 73.3 Å². The molecule has 2 N–H and O–H groups in total. The van der Waals surface area contributed by atoms with Crippen LogP contribution in [0.4, 0.5) is 0 Å². The Labute approximate surface area is 193 Å². The van der Waals surface area contributed by atoms with Crippen molar-refractivity contribution < 1.29 is 0 Å². The molecule has 1 heterocycles. The smallest absolute Gasteiger partial charge is 0.191 e. The van der Waals surface area contributed by atoms with Crippen molar-refractivity contribution in [3.05, 3.63) is 48.5 Å². The van der Waals surface area contributed by atoms with Crippen LogP contribution in [0.2, 0.25) is 0 Å². The van der Waals surface area contributed by atoms with Crippen molar-refractivity contribution in [1.82, 2.24) is 25.1 Å². The zero-order chi connectivity index (χ0) is 20.4. The van der Waals surface area contributed by atoms with E-state index in [0.717, 1.165) is 37.7 Å². The van der Waals surface area contributed by atoms with Crippen LogP contribution in [0, 0.1) is 0 Å². The van der Waals surface area contributed by atoms with Crippen LogP contribution in [-0.4, -0.2) is 52.1 Å². The highest BCUT2D eigenvalue weighted by molar-refractivity contribution is 14.0. The molecule has 0 amide bonds. The predicted octanol–water partition coefficient (Wildman–Crippen LogP) is 4.05. The molecule has 2 aromatic rings. The Bertz CT molecular complexity index is 704. The first-order valence-electron chi connectivity index (χ1n) is 10.4. The molecule has 6 nitrogen and oxygen atoms in total. The van der Waals surface area contributed by atoms with Crippen LogP contribution in [0.25, 0.3) is 5.69 Å². The fourth-order valence-electron chi connectivity index (χ4n) is 3.39. The first kappa shape index (κ1) is 25.4. The predicted molar refractivity (Wildman–Crippen MR) is 133 cm³/mol. The summed E-state index contributed by atoms with van der Waals surface area (Å²) in [4.78, 5) is 11.5. The lowest BCUT2D eigenvalue weighted by molar-refractivity contribution is 0.173. The molecule has 0 unspecified atom stereocenters. The average molecular weight is 512 g/mol. The number of imidazole rings is 1. The monoisotopic (exact) mass is 512 g/mol. The van der Waals surface area contributed by atoms with Crippen molar-refractivity contribution in [2.75, 3.05) is 19.6 Å². The van der Waals surface area contributed by atoms with Crippen LogP contribution in [0.1, 0.15) is 46.6 Å². The summed E-state index contributed by atoms with van der Waals surface area (Å²) < 4.78 is 2.03. The van der Waals surface area contributed by atoms with Gasteiger partial charge < -0.3 is 15.2 Å². The van der Waals surface area contributed by atoms with E-state index >= 15 is 0 Å². The normalized spacial score (nSPS) is 11.8. The number of guanidine groups is 1. The highest BCUT2D eigenvalue weighted by Gasteiger charge is 2.12. The van der Waals surface area contributed by atoms with Gasteiger partial charge in [-0.25, -0.2) is 9.98 Å². The van der Waals surface area contributed by atoms with E-state index in [-0.39, 0.29) is 24.0 Å². The van der Waals surface area contributed by atoms with Crippen molar-refractivity contribution in [3.63, 3.8) is 0 Å². The van der Waals surface area contributed by atoms with Gasteiger partial charge in [-0.15, -0.1) is 24.0 Å². The van der Waals surface area contributed by atoms with Crippen LogP contribution in [0.3, 0.4) is 0 Å². The van der Waals surface area contributed by atoms with Gasteiger partial charge in [-0.3, -0.25) is 4.90 Å². The first-order valence-corrected chi connectivity index (χ1v) is 10.4. The maximum absolute atomic E-state index is 4.79. The Hall–Kier alpha value is -1.61. The Morgan fingerprint density at radius 3 is 2.48 bits per heavy atom. The molecule has 0 radical (unpaired) electrons. The number of para-hydroxylation sites is 1. The Kier molecular flexibility index (Phi) is 11.9. The van der Waals surface area contributed by atoms with Gasteiger partial charge in [-0.2, -0.15) is 0 Å². The summed E-state index contributed by atoms with van der Waals surface area (Å²) in [5, 5.41) is 6.82. The summed E-state index contributed by atoms with van der Waals surface area (Å²) in [5.41, 5.74) is 2.28. The maximum Gasteiger partial charge on any atom is 0.191 e. The second-order valence-electron chi connectivity index (χ2n) is 7.50. The second kappa shape index (κ2) is 13.6. The van der Waals surface area contributed by atoms with E-state index in [9.17, 15) is 0 Å². The number of hydrogen-bond acceptors (Lipinski definition) is 3. The van der Waals surface area contributed by atoms with Gasteiger partial charge in [0.05, 0.1) is 18.6 Å². The van der Waals surface area contributed by atoms with E-state index in [1.54, 1.807) is 6.20 Å². The topological polar surface area (TPSA) is 57.5 Å². The van der Waals surface area contributed by atoms with Gasteiger partial charge in [0.15, 0.2) is 5.96 Å². The lowest BCUT2D eigenvalue weighted by atomic mass is 10.2. The summed E-state index contributed by atoms with van der Waals surface area (Å²) >= 11 is 0. The van der Waals surface area contributed by atoms with Crippen LogP contribution in [0.5, 0.6) is 0 Å². The number of aliphatic imine (C=N–C) groups is 1. The molecule has 0 fully saturated rings. The molecule has 0 atom stereocenters. The van der Waals surface area contributed by atoms with Gasteiger partial charge in [0, 0.05) is 44.1 Å². The Balaban J connectivity index is 0.00000420. The standard InChI is InChI=1S/C22H36N6.HI/c1-6-24-22(25-12-9-14-28(18(2)3)19(4)5)26-16-20-10-7-8-11-21(20)27-15-13-23-17-27;/h7-8,10-11,13,15,17-19H,6,9,12,14,16H2,1-5H3,(H2,24,25,26);1H. The molecule has 0 saturated heterocycles. The maximum atomic E-state index is 4.79. The first-order chi connectivity index (χ1) is 13.5. The van der Waals surface area contributed by atoms with Crippen molar-refractivity contribution in [2.24, 2.45) is 4.99 Å². The quantitative estimate of drug-likeness (QED) is 0.218. The number of aromatic nitrogens is 2. The summed E-state index contributed by atoms with van der Waals surface area (Å²) in [7, 11) is 0. The van der Waals surface area contributed by atoms with Gasteiger partial charge in [0.25, 0.3) is 0 Å². The van der Waals surface area contributed by atoms with Gasteiger partial charge in [0.1, 0.15) is 0 Å². The number of nitrogens with one attached hydrogen (secondary N) is 2. The molecule has 2 rings (SSSR count). The summed E-state index contributed by atoms with van der Waals surface area (Å²) in [5.74, 6) is 0.864. The zero-order valence-electron chi connectivity index (χ0n) is 18.4. The zero-order valence-corrected chi connectivity index (χ0v) is 20.8. The van der Waals surface area contributed by atoms with Crippen molar-refractivity contribution in [2.45, 2.75) is 59.7 Å². The largest absolute Gasteiger partial charge is 0.357 e. The Morgan fingerprint density at radius 1 is 1.14 bits per heavy atom. The minimum absolute atomic E-state index is 0. The van der Waals surface area contributed by atoms with Gasteiger partial charge >= 0.3 is 0 Å². The van der Waals surface area contributed by atoms with E-state index in [4.69, 9.17) is 4.99 Å². The second-order valence-corrected chi connectivity index (χ2v) is 7.50. The number of hydrogen-bond donors (Lipinski definition) is 2. The van der Waals surface area contributed by atoms with Gasteiger partial charge in [-0.1, -0.05) is 18.2 Å².